The van der Waals surface area contributed by atoms with Gasteiger partial charge in [-0.15, -0.1) is 0 Å². The number of benzene rings is 2. The normalized spacial score (nSPS) is 10.4. The van der Waals surface area contributed by atoms with Crippen LogP contribution in [-0.4, -0.2) is 13.7 Å². The first kappa shape index (κ1) is 14.1. The van der Waals surface area contributed by atoms with Crippen LogP contribution in [0.2, 0.25) is 0 Å². The van der Waals surface area contributed by atoms with Gasteiger partial charge in [-0.2, -0.15) is 0 Å². The average Bonchev–Trinajstić information content (AvgIpc) is 2.45. The van der Waals surface area contributed by atoms with Crippen LogP contribution in [0.25, 0.3) is 0 Å². The zero-order valence-corrected chi connectivity index (χ0v) is 12.7. The van der Waals surface area contributed by atoms with Gasteiger partial charge in [-0.1, -0.05) is 46.3 Å². The number of nitrogens with two attached hydrogens (primary N) is 1. The molecule has 0 heterocycles. The Bertz CT molecular complexity index is 528. The van der Waals surface area contributed by atoms with E-state index in [1.165, 1.54) is 15.6 Å². The Labute approximate surface area is 122 Å². The molecule has 0 fully saturated rings. The van der Waals surface area contributed by atoms with E-state index in [4.69, 9.17) is 4.74 Å². The van der Waals surface area contributed by atoms with Gasteiger partial charge in [0.2, 0.25) is 0 Å². The molecule has 100 valence electrons. The minimum atomic E-state index is 0.934. The molecule has 2 aromatic carbocycles. The van der Waals surface area contributed by atoms with Crippen molar-refractivity contribution in [3.05, 3.63) is 64.1 Å². The third-order valence-corrected chi connectivity index (χ3v) is 3.87. The molecule has 0 aliphatic carbocycles. The lowest BCUT2D eigenvalue weighted by Gasteiger charge is -2.05. The van der Waals surface area contributed by atoms with Crippen molar-refractivity contribution in [2.45, 2.75) is 13.0 Å². The maximum absolute atomic E-state index is 5.23. The summed E-state index contributed by atoms with van der Waals surface area (Å²) in [5.41, 5.74) is 2.66. The van der Waals surface area contributed by atoms with Crippen LogP contribution < -0.4 is 10.1 Å². The van der Waals surface area contributed by atoms with E-state index in [-0.39, 0.29) is 0 Å². The summed E-state index contributed by atoms with van der Waals surface area (Å²) in [6.45, 7) is 2.08. The van der Waals surface area contributed by atoms with E-state index in [9.17, 15) is 0 Å². The molecule has 0 aliphatic heterocycles. The summed E-state index contributed by atoms with van der Waals surface area (Å²) in [7, 11) is 1.71. The summed E-state index contributed by atoms with van der Waals surface area (Å²) in [6.07, 6.45) is 1.06. The standard InChI is InChI=1S/C16H18BrNO/c1-19-15-7-4-5-13(11-15)9-10-18-12-14-6-2-3-8-16(14)17/h2-8,11,18H,9-10,12H2,1H3/p+1. The molecular formula is C16H19BrNO+. The zero-order chi connectivity index (χ0) is 13.5. The van der Waals surface area contributed by atoms with Crippen molar-refractivity contribution in [3.63, 3.8) is 0 Å². The van der Waals surface area contributed by atoms with Crippen LogP contribution in [0.4, 0.5) is 0 Å². The number of halogens is 1. The second kappa shape index (κ2) is 7.31. The van der Waals surface area contributed by atoms with Gasteiger partial charge in [0, 0.05) is 16.5 Å². The highest BCUT2D eigenvalue weighted by Crippen LogP contribution is 2.14. The number of methoxy groups -OCH3 is 1. The first-order chi connectivity index (χ1) is 9.29. The fraction of sp³-hybridized carbons (Fsp3) is 0.250. The first-order valence-corrected chi connectivity index (χ1v) is 7.27. The fourth-order valence-corrected chi connectivity index (χ4v) is 2.46. The van der Waals surface area contributed by atoms with Gasteiger partial charge in [-0.25, -0.2) is 0 Å². The lowest BCUT2D eigenvalue weighted by atomic mass is 10.1. The minimum absolute atomic E-state index is 0.934. The first-order valence-electron chi connectivity index (χ1n) is 6.47. The average molecular weight is 321 g/mol. The molecule has 0 unspecified atom stereocenters. The lowest BCUT2D eigenvalue weighted by Crippen LogP contribution is -2.83. The van der Waals surface area contributed by atoms with E-state index < -0.39 is 0 Å². The van der Waals surface area contributed by atoms with Crippen LogP contribution in [0.15, 0.2) is 53.0 Å². The second-order valence-corrected chi connectivity index (χ2v) is 5.33. The molecule has 19 heavy (non-hydrogen) atoms. The van der Waals surface area contributed by atoms with Crippen molar-refractivity contribution in [3.8, 4) is 5.75 Å². The van der Waals surface area contributed by atoms with E-state index in [0.29, 0.717) is 0 Å². The van der Waals surface area contributed by atoms with Crippen molar-refractivity contribution in [2.75, 3.05) is 13.7 Å². The Morgan fingerprint density at radius 1 is 1.11 bits per heavy atom. The largest absolute Gasteiger partial charge is 0.497 e. The molecule has 2 nitrogen and oxygen atoms in total. The summed E-state index contributed by atoms with van der Waals surface area (Å²) in [5, 5.41) is 2.33. The third-order valence-electron chi connectivity index (χ3n) is 3.09. The third kappa shape index (κ3) is 4.37. The number of quaternary nitrogens is 1. The topological polar surface area (TPSA) is 25.8 Å². The van der Waals surface area contributed by atoms with Crippen LogP contribution in [0.5, 0.6) is 5.75 Å². The van der Waals surface area contributed by atoms with Gasteiger partial charge < -0.3 is 10.1 Å². The van der Waals surface area contributed by atoms with Gasteiger partial charge in [0.15, 0.2) is 0 Å². The van der Waals surface area contributed by atoms with E-state index in [0.717, 1.165) is 25.3 Å². The van der Waals surface area contributed by atoms with Crippen LogP contribution in [0, 0.1) is 0 Å². The van der Waals surface area contributed by atoms with Crippen molar-refractivity contribution in [2.24, 2.45) is 0 Å². The van der Waals surface area contributed by atoms with Crippen molar-refractivity contribution < 1.29 is 10.1 Å². The van der Waals surface area contributed by atoms with Gasteiger partial charge in [-0.3, -0.25) is 0 Å². The highest BCUT2D eigenvalue weighted by atomic mass is 79.9. The molecule has 0 atom stereocenters. The quantitative estimate of drug-likeness (QED) is 0.814. The minimum Gasteiger partial charge on any atom is -0.497 e. The maximum atomic E-state index is 5.23. The number of ether oxygens (including phenoxy) is 1. The van der Waals surface area contributed by atoms with Crippen molar-refractivity contribution in [1.29, 1.82) is 0 Å². The Balaban J connectivity index is 1.79. The summed E-state index contributed by atoms with van der Waals surface area (Å²) in [4.78, 5) is 0. The molecule has 0 aliphatic rings. The van der Waals surface area contributed by atoms with Gasteiger partial charge in [0.25, 0.3) is 0 Å². The SMILES string of the molecule is COc1cccc(CC[NH2+]Cc2ccccc2Br)c1. The van der Waals surface area contributed by atoms with E-state index in [2.05, 4.69) is 51.6 Å². The van der Waals surface area contributed by atoms with E-state index in [1.807, 2.05) is 18.2 Å². The Morgan fingerprint density at radius 2 is 1.95 bits per heavy atom. The Kier molecular flexibility index (Phi) is 5.43. The Morgan fingerprint density at radius 3 is 2.74 bits per heavy atom. The monoisotopic (exact) mass is 320 g/mol. The molecule has 3 heteroatoms. The number of hydrogen-bond acceptors (Lipinski definition) is 1. The van der Waals surface area contributed by atoms with Gasteiger partial charge in [0.05, 0.1) is 13.7 Å². The summed E-state index contributed by atoms with van der Waals surface area (Å²) in [5.74, 6) is 0.934. The van der Waals surface area contributed by atoms with Crippen LogP contribution in [-0.2, 0) is 13.0 Å². The molecule has 0 spiro atoms. The molecule has 0 radical (unpaired) electrons. The number of hydrogen-bond donors (Lipinski definition) is 1. The molecule has 0 saturated carbocycles. The molecule has 2 aromatic rings. The van der Waals surface area contributed by atoms with E-state index >= 15 is 0 Å². The summed E-state index contributed by atoms with van der Waals surface area (Å²) >= 11 is 3.58. The molecule has 0 amide bonds. The predicted octanol–water partition coefficient (Wildman–Crippen LogP) is 2.76. The van der Waals surface area contributed by atoms with Gasteiger partial charge in [-0.05, 0) is 23.8 Å². The molecule has 0 bridgehead atoms. The van der Waals surface area contributed by atoms with Crippen LogP contribution in [0.3, 0.4) is 0 Å². The van der Waals surface area contributed by atoms with E-state index in [1.54, 1.807) is 7.11 Å². The fourth-order valence-electron chi connectivity index (χ4n) is 2.02. The second-order valence-electron chi connectivity index (χ2n) is 4.47. The predicted molar refractivity (Wildman–Crippen MR) is 81.3 cm³/mol. The Hall–Kier alpha value is -1.32. The zero-order valence-electron chi connectivity index (χ0n) is 11.1. The smallest absolute Gasteiger partial charge is 0.119 e. The summed E-state index contributed by atoms with van der Waals surface area (Å²) in [6, 6.07) is 16.6. The van der Waals surface area contributed by atoms with Gasteiger partial charge >= 0.3 is 0 Å². The number of rotatable bonds is 6. The molecule has 2 rings (SSSR count). The summed E-state index contributed by atoms with van der Waals surface area (Å²) < 4.78 is 6.42. The lowest BCUT2D eigenvalue weighted by molar-refractivity contribution is -0.670. The molecule has 2 N–H and O–H groups in total. The molecule has 0 saturated heterocycles. The van der Waals surface area contributed by atoms with Crippen LogP contribution >= 0.6 is 15.9 Å². The van der Waals surface area contributed by atoms with Crippen molar-refractivity contribution >= 4 is 15.9 Å². The molecular weight excluding hydrogens is 302 g/mol. The van der Waals surface area contributed by atoms with Gasteiger partial charge in [0.1, 0.15) is 12.3 Å². The highest BCUT2D eigenvalue weighted by Gasteiger charge is 2.01. The van der Waals surface area contributed by atoms with Crippen molar-refractivity contribution in [1.82, 2.24) is 0 Å². The highest BCUT2D eigenvalue weighted by molar-refractivity contribution is 9.10. The maximum Gasteiger partial charge on any atom is 0.119 e. The molecule has 0 aromatic heterocycles. The van der Waals surface area contributed by atoms with Crippen LogP contribution in [0.1, 0.15) is 11.1 Å².